The Hall–Kier alpha value is -2.37. The second kappa shape index (κ2) is 8.97. The quantitative estimate of drug-likeness (QED) is 0.727. The largest absolute Gasteiger partial charge is 0.497 e. The Labute approximate surface area is 176 Å². The molecule has 1 fully saturated rings. The fraction of sp³-hybridized carbons (Fsp3) is 0.391. The van der Waals surface area contributed by atoms with Crippen LogP contribution in [0.4, 0.5) is 0 Å². The number of rotatable bonds is 5. The van der Waals surface area contributed by atoms with E-state index in [1.54, 1.807) is 12.1 Å². The van der Waals surface area contributed by atoms with Gasteiger partial charge in [-0.3, -0.25) is 9.69 Å². The van der Waals surface area contributed by atoms with Crippen molar-refractivity contribution in [2.24, 2.45) is 5.10 Å². The van der Waals surface area contributed by atoms with E-state index in [1.807, 2.05) is 48.5 Å². The topological polar surface area (TPSA) is 45.1 Å². The van der Waals surface area contributed by atoms with E-state index in [0.717, 1.165) is 48.5 Å². The van der Waals surface area contributed by atoms with Crippen molar-refractivity contribution in [2.75, 3.05) is 26.7 Å². The minimum atomic E-state index is -0.120. The zero-order valence-corrected chi connectivity index (χ0v) is 17.4. The first kappa shape index (κ1) is 19.9. The minimum Gasteiger partial charge on any atom is -0.497 e. The molecule has 0 radical (unpaired) electrons. The maximum atomic E-state index is 13.2. The van der Waals surface area contributed by atoms with Crippen LogP contribution >= 0.6 is 11.6 Å². The van der Waals surface area contributed by atoms with Crippen LogP contribution in [0.2, 0.25) is 5.02 Å². The Morgan fingerprint density at radius 1 is 1.14 bits per heavy atom. The lowest BCUT2D eigenvalue weighted by atomic mass is 9.98. The van der Waals surface area contributed by atoms with Gasteiger partial charge in [-0.05, 0) is 55.8 Å². The van der Waals surface area contributed by atoms with Crippen LogP contribution in [0.15, 0.2) is 53.6 Å². The molecule has 29 heavy (non-hydrogen) atoms. The van der Waals surface area contributed by atoms with Crippen molar-refractivity contribution in [1.29, 1.82) is 0 Å². The van der Waals surface area contributed by atoms with Crippen LogP contribution in [0.5, 0.6) is 5.75 Å². The fourth-order valence-corrected chi connectivity index (χ4v) is 4.17. The zero-order valence-electron chi connectivity index (χ0n) is 16.7. The number of hydrogen-bond acceptors (Lipinski definition) is 4. The number of hydrogen-bond donors (Lipinski definition) is 0. The Kier molecular flexibility index (Phi) is 6.16. The molecule has 152 valence electrons. The summed E-state index contributed by atoms with van der Waals surface area (Å²) < 4.78 is 5.36. The van der Waals surface area contributed by atoms with Crippen molar-refractivity contribution in [3.63, 3.8) is 0 Å². The third-order valence-corrected chi connectivity index (χ3v) is 5.88. The normalized spacial score (nSPS) is 19.9. The average Bonchev–Trinajstić information content (AvgIpc) is 3.21. The van der Waals surface area contributed by atoms with Crippen LogP contribution in [0.25, 0.3) is 0 Å². The highest BCUT2D eigenvalue weighted by atomic mass is 35.5. The first-order valence-electron chi connectivity index (χ1n) is 10.2. The number of likely N-dealkylation sites (tertiary alicyclic amines) is 1. The smallest absolute Gasteiger partial charge is 0.257 e. The van der Waals surface area contributed by atoms with Gasteiger partial charge in [0.2, 0.25) is 0 Å². The summed E-state index contributed by atoms with van der Waals surface area (Å²) in [7, 11) is 1.65. The van der Waals surface area contributed by atoms with E-state index >= 15 is 0 Å². The second-order valence-electron chi connectivity index (χ2n) is 7.63. The molecule has 1 atom stereocenters. The van der Waals surface area contributed by atoms with Gasteiger partial charge >= 0.3 is 0 Å². The molecule has 2 aromatic rings. The number of methoxy groups -OCH3 is 1. The van der Waals surface area contributed by atoms with Gasteiger partial charge in [-0.1, -0.05) is 42.3 Å². The van der Waals surface area contributed by atoms with Crippen LogP contribution < -0.4 is 4.74 Å². The van der Waals surface area contributed by atoms with Gasteiger partial charge in [0, 0.05) is 17.0 Å². The summed E-state index contributed by atoms with van der Waals surface area (Å²) in [6.07, 6.45) is 4.24. The molecule has 0 aliphatic carbocycles. The summed E-state index contributed by atoms with van der Waals surface area (Å²) in [5, 5.41) is 7.12. The molecule has 0 saturated carbocycles. The van der Waals surface area contributed by atoms with E-state index in [4.69, 9.17) is 21.4 Å². The van der Waals surface area contributed by atoms with E-state index in [1.165, 1.54) is 6.42 Å². The molecule has 2 heterocycles. The second-order valence-corrected chi connectivity index (χ2v) is 8.06. The molecule has 4 rings (SSSR count). The van der Waals surface area contributed by atoms with Gasteiger partial charge in [-0.2, -0.15) is 5.10 Å². The van der Waals surface area contributed by atoms with Gasteiger partial charge in [0.25, 0.3) is 5.91 Å². The van der Waals surface area contributed by atoms with Crippen molar-refractivity contribution < 1.29 is 9.53 Å². The summed E-state index contributed by atoms with van der Waals surface area (Å²) in [4.78, 5) is 15.4. The van der Waals surface area contributed by atoms with E-state index in [0.29, 0.717) is 18.0 Å². The van der Waals surface area contributed by atoms with Crippen molar-refractivity contribution >= 4 is 23.2 Å². The first-order chi connectivity index (χ1) is 14.1. The minimum absolute atomic E-state index is 0.0461. The Morgan fingerprint density at radius 2 is 1.90 bits per heavy atom. The maximum Gasteiger partial charge on any atom is 0.257 e. The number of benzene rings is 2. The van der Waals surface area contributed by atoms with Crippen LogP contribution in [-0.2, 0) is 4.79 Å². The lowest BCUT2D eigenvalue weighted by molar-refractivity contribution is -0.134. The molecule has 1 unspecified atom stereocenters. The summed E-state index contributed by atoms with van der Waals surface area (Å²) in [6, 6.07) is 15.4. The molecule has 5 nitrogen and oxygen atoms in total. The summed E-state index contributed by atoms with van der Waals surface area (Å²) >= 11 is 6.07. The predicted octanol–water partition coefficient (Wildman–Crippen LogP) is 4.51. The fourth-order valence-electron chi connectivity index (χ4n) is 4.04. The van der Waals surface area contributed by atoms with Gasteiger partial charge in [0.05, 0.1) is 25.4 Å². The van der Waals surface area contributed by atoms with Gasteiger partial charge < -0.3 is 4.74 Å². The molecular formula is C23H26ClN3O2. The van der Waals surface area contributed by atoms with Crippen LogP contribution in [0, 0.1) is 0 Å². The SMILES string of the molecule is COc1cccc(C2=NN(C(=O)CN3CCCCC3)C(c3ccc(Cl)cc3)C2)c1. The van der Waals surface area contributed by atoms with E-state index in [-0.39, 0.29) is 11.9 Å². The molecule has 2 aromatic carbocycles. The molecule has 0 aromatic heterocycles. The highest BCUT2D eigenvalue weighted by Gasteiger charge is 2.34. The highest BCUT2D eigenvalue weighted by molar-refractivity contribution is 6.30. The number of hydrazone groups is 1. The molecule has 0 spiro atoms. The van der Waals surface area contributed by atoms with Crippen LogP contribution in [0.1, 0.15) is 42.9 Å². The van der Waals surface area contributed by atoms with Crippen molar-refractivity contribution in [2.45, 2.75) is 31.7 Å². The summed E-state index contributed by atoms with van der Waals surface area (Å²) in [5.74, 6) is 0.830. The molecule has 0 N–H and O–H groups in total. The lowest BCUT2D eigenvalue weighted by Crippen LogP contribution is -2.40. The Bertz CT molecular complexity index is 891. The zero-order chi connectivity index (χ0) is 20.2. The van der Waals surface area contributed by atoms with Crippen LogP contribution in [0.3, 0.4) is 0 Å². The molecule has 2 aliphatic heterocycles. The molecule has 6 heteroatoms. The van der Waals surface area contributed by atoms with Gasteiger partial charge in [-0.15, -0.1) is 0 Å². The Balaban J connectivity index is 1.61. The average molecular weight is 412 g/mol. The standard InChI is InChI=1S/C23H26ClN3O2/c1-29-20-7-5-6-18(14-20)21-15-22(17-8-10-19(24)11-9-17)27(25-21)23(28)16-26-12-3-2-4-13-26/h5-11,14,22H,2-4,12-13,15-16H2,1H3. The van der Waals surface area contributed by atoms with Crippen molar-refractivity contribution in [1.82, 2.24) is 9.91 Å². The number of piperidine rings is 1. The highest BCUT2D eigenvalue weighted by Crippen LogP contribution is 2.34. The van der Waals surface area contributed by atoms with Crippen LogP contribution in [-0.4, -0.2) is 48.3 Å². The third-order valence-electron chi connectivity index (χ3n) is 5.63. The number of carbonyl (C=O) groups is 1. The van der Waals surface area contributed by atoms with Gasteiger partial charge in [-0.25, -0.2) is 5.01 Å². The monoisotopic (exact) mass is 411 g/mol. The molecule has 1 saturated heterocycles. The van der Waals surface area contributed by atoms with Gasteiger partial charge in [0.15, 0.2) is 0 Å². The first-order valence-corrected chi connectivity index (χ1v) is 10.5. The molecule has 0 bridgehead atoms. The number of carbonyl (C=O) groups excluding carboxylic acids is 1. The number of amides is 1. The number of ether oxygens (including phenoxy) is 1. The predicted molar refractivity (Wildman–Crippen MR) is 115 cm³/mol. The number of nitrogens with zero attached hydrogens (tertiary/aromatic N) is 3. The molecule has 2 aliphatic rings. The van der Waals surface area contributed by atoms with E-state index < -0.39 is 0 Å². The van der Waals surface area contributed by atoms with E-state index in [2.05, 4.69) is 4.90 Å². The summed E-state index contributed by atoms with van der Waals surface area (Å²) in [5.41, 5.74) is 2.93. The molecule has 1 amide bonds. The van der Waals surface area contributed by atoms with Crippen molar-refractivity contribution in [3.8, 4) is 5.75 Å². The maximum absolute atomic E-state index is 13.2. The molecular weight excluding hydrogens is 386 g/mol. The third kappa shape index (κ3) is 4.62. The number of halogens is 1. The lowest BCUT2D eigenvalue weighted by Gasteiger charge is -2.29. The van der Waals surface area contributed by atoms with Gasteiger partial charge in [0.1, 0.15) is 5.75 Å². The van der Waals surface area contributed by atoms with Crippen molar-refractivity contribution in [3.05, 3.63) is 64.7 Å². The summed E-state index contributed by atoms with van der Waals surface area (Å²) in [6.45, 7) is 2.38. The Morgan fingerprint density at radius 3 is 2.62 bits per heavy atom. The van der Waals surface area contributed by atoms with E-state index in [9.17, 15) is 4.79 Å².